The van der Waals surface area contributed by atoms with Crippen molar-refractivity contribution in [2.75, 3.05) is 0 Å². The molecule has 0 aliphatic heterocycles. The van der Waals surface area contributed by atoms with Crippen LogP contribution in [0.25, 0.3) is 100.0 Å². The Bertz CT molecular complexity index is 4600. The highest BCUT2D eigenvalue weighted by Crippen LogP contribution is 2.42. The predicted molar refractivity (Wildman–Crippen MR) is 207 cm³/mol. The second-order valence-corrected chi connectivity index (χ2v) is 10.9. The molecule has 51 heavy (non-hydrogen) atoms. The quantitative estimate of drug-likeness (QED) is 0.186. The van der Waals surface area contributed by atoms with E-state index in [1.54, 1.807) is 0 Å². The van der Waals surface area contributed by atoms with Gasteiger partial charge in [0.05, 0.1) is 63.3 Å². The zero-order valence-electron chi connectivity index (χ0n) is 51.2. The van der Waals surface area contributed by atoms with E-state index in [1.165, 1.54) is 0 Å². The molecular weight excluding hydrogens is 627 g/mol. The molecule has 0 atom stereocenters. The van der Waals surface area contributed by atoms with Crippen LogP contribution in [0.15, 0.2) is 168 Å². The smallest absolute Gasteiger partial charge is 0.238 e. The van der Waals surface area contributed by atoms with Gasteiger partial charge in [-0.2, -0.15) is 9.97 Å². The molecule has 4 aromatic heterocycles. The van der Waals surface area contributed by atoms with E-state index in [9.17, 15) is 12.3 Å². The molecule has 6 nitrogen and oxygen atoms in total. The summed E-state index contributed by atoms with van der Waals surface area (Å²) in [5.41, 5.74) is -5.34. The Labute approximate surface area is 328 Å². The Morgan fingerprint density at radius 2 is 1.04 bits per heavy atom. The standard InChI is InChI=1S/C45H27N5O/c1-3-14-28(15-4-1)43-46-44(36-22-13-21-35-32-20-9-12-25-39(32)51-42(35)36)48-45(47-43)50-38-24-11-8-19-31(38)34-27-26-33-30-18-7-10-23-37(30)49(40(33)41(34)50)29-16-5-2-6-17-29/h1-27H/i1D,2D,3D,4D,5D,6D,7D,8D,9D,10D,11D,12D,13D,14D,15D,16D,17D,18D,19D,20D,21D,22D,23D,24D,26D,27D. The molecule has 11 rings (SSSR count). The van der Waals surface area contributed by atoms with Crippen molar-refractivity contribution >= 4 is 65.6 Å². The largest absolute Gasteiger partial charge is 0.455 e. The van der Waals surface area contributed by atoms with Crippen LogP contribution in [0.4, 0.5) is 0 Å². The van der Waals surface area contributed by atoms with Gasteiger partial charge in [0, 0.05) is 43.6 Å². The van der Waals surface area contributed by atoms with E-state index in [0.29, 0.717) is 0 Å². The topological polar surface area (TPSA) is 61.7 Å². The number of rotatable bonds is 4. The van der Waals surface area contributed by atoms with E-state index < -0.39 is 241 Å². The third-order valence-electron chi connectivity index (χ3n) is 8.22. The zero-order chi connectivity index (χ0) is 56.1. The summed E-state index contributed by atoms with van der Waals surface area (Å²) in [6.45, 7) is 0. The Hall–Kier alpha value is -7.05. The van der Waals surface area contributed by atoms with E-state index in [4.69, 9.17) is 27.7 Å². The van der Waals surface area contributed by atoms with E-state index in [2.05, 4.69) is 15.0 Å². The molecule has 0 aliphatic carbocycles. The molecule has 6 heteroatoms. The van der Waals surface area contributed by atoms with Gasteiger partial charge in [0.2, 0.25) is 5.95 Å². The van der Waals surface area contributed by atoms with Crippen LogP contribution in [0.5, 0.6) is 0 Å². The molecule has 0 saturated carbocycles. The maximum Gasteiger partial charge on any atom is 0.238 e. The molecule has 7 aromatic carbocycles. The lowest BCUT2D eigenvalue weighted by Crippen LogP contribution is -2.07. The maximum atomic E-state index is 9.66. The predicted octanol–water partition coefficient (Wildman–Crippen LogP) is 11.3. The third-order valence-corrected chi connectivity index (χ3v) is 8.22. The first-order valence-corrected chi connectivity index (χ1v) is 14.9. The zero-order valence-corrected chi connectivity index (χ0v) is 25.2. The summed E-state index contributed by atoms with van der Waals surface area (Å²) in [6, 6.07) is -21.0. The molecular formula is C45H27N5O. The van der Waals surface area contributed by atoms with Gasteiger partial charge < -0.3 is 8.98 Å². The lowest BCUT2D eigenvalue weighted by molar-refractivity contribution is 0.669. The maximum absolute atomic E-state index is 9.66. The molecule has 0 spiro atoms. The number of fused-ring (bicyclic) bond motifs is 10. The summed E-state index contributed by atoms with van der Waals surface area (Å²) >= 11 is 0. The van der Waals surface area contributed by atoms with Gasteiger partial charge in [0.15, 0.2) is 11.6 Å². The molecule has 0 saturated heterocycles. The molecule has 0 N–H and O–H groups in total. The van der Waals surface area contributed by atoms with Crippen molar-refractivity contribution in [3.8, 4) is 34.4 Å². The molecule has 0 fully saturated rings. The van der Waals surface area contributed by atoms with E-state index in [1.807, 2.05) is 0 Å². The van der Waals surface area contributed by atoms with Gasteiger partial charge in [-0.15, -0.1) is 0 Å². The van der Waals surface area contributed by atoms with Crippen LogP contribution in [0.2, 0.25) is 0 Å². The molecule has 0 radical (unpaired) electrons. The normalized spacial score (nSPS) is 19.1. The van der Waals surface area contributed by atoms with Crippen molar-refractivity contribution in [2.24, 2.45) is 0 Å². The summed E-state index contributed by atoms with van der Waals surface area (Å²) in [7, 11) is 0. The number of hydrogen-bond donors (Lipinski definition) is 0. The third kappa shape index (κ3) is 4.07. The summed E-state index contributed by atoms with van der Waals surface area (Å²) in [5.74, 6) is -2.51. The van der Waals surface area contributed by atoms with Gasteiger partial charge in [-0.1, -0.05) is 127 Å². The van der Waals surface area contributed by atoms with Crippen molar-refractivity contribution in [3.63, 3.8) is 0 Å². The van der Waals surface area contributed by atoms with Gasteiger partial charge in [-0.3, -0.25) is 4.57 Å². The Morgan fingerprint density at radius 3 is 1.80 bits per heavy atom. The van der Waals surface area contributed by atoms with Crippen molar-refractivity contribution in [1.82, 2.24) is 24.1 Å². The minimum Gasteiger partial charge on any atom is -0.455 e. The number of benzene rings is 7. The number of para-hydroxylation sites is 5. The number of nitrogens with zero attached hydrogens (tertiary/aromatic N) is 5. The molecule has 238 valence electrons. The van der Waals surface area contributed by atoms with Gasteiger partial charge >= 0.3 is 0 Å². The second kappa shape index (κ2) is 10.7. The average molecular weight is 680 g/mol. The fourth-order valence-corrected chi connectivity index (χ4v) is 6.18. The Balaban J connectivity index is 1.48. The Kier molecular flexibility index (Phi) is 2.67. The lowest BCUT2D eigenvalue weighted by atomic mass is 10.1. The SMILES string of the molecule is [2H]c1cc2oc3c(-c4nc(-c5c([2H])c([2H])c([2H])c([2H])c5[2H])nc(-n5c6c([2H])c([2H])c([2H])c([2H])c6c6c([2H])c([2H])c7c8c([2H])c([2H])c([2H])c([2H])c8n(-c8c([2H])c([2H])c([2H])c([2H])c8[2H])c7c65)n4)c([2H])c([2H])c([2H])c3c2c([2H])c1[2H]. The van der Waals surface area contributed by atoms with E-state index in [-0.39, 0.29) is 16.4 Å². The van der Waals surface area contributed by atoms with E-state index >= 15 is 0 Å². The highest BCUT2D eigenvalue weighted by atomic mass is 16.3. The molecule has 0 amide bonds. The summed E-state index contributed by atoms with van der Waals surface area (Å²) in [4.78, 5) is 13.7. The van der Waals surface area contributed by atoms with E-state index in [0.717, 1.165) is 15.2 Å². The Morgan fingerprint density at radius 1 is 0.451 bits per heavy atom. The number of aromatic nitrogens is 5. The lowest BCUT2D eigenvalue weighted by Gasteiger charge is -2.13. The fourth-order valence-electron chi connectivity index (χ4n) is 6.18. The van der Waals surface area contributed by atoms with Crippen LogP contribution < -0.4 is 0 Å². The van der Waals surface area contributed by atoms with Gasteiger partial charge in [-0.05, 0) is 36.3 Å². The first kappa shape index (κ1) is 12.7. The molecule has 0 bridgehead atoms. The van der Waals surface area contributed by atoms with Crippen molar-refractivity contribution < 1.29 is 40.1 Å². The van der Waals surface area contributed by atoms with Gasteiger partial charge in [0.25, 0.3) is 0 Å². The molecule has 0 unspecified atom stereocenters. The fraction of sp³-hybridized carbons (Fsp3) is 0. The second-order valence-electron chi connectivity index (χ2n) is 10.9. The molecule has 11 aromatic rings. The summed E-state index contributed by atoms with van der Waals surface area (Å²) < 4.78 is 240. The highest BCUT2D eigenvalue weighted by molar-refractivity contribution is 6.23. The van der Waals surface area contributed by atoms with Crippen LogP contribution in [-0.2, 0) is 0 Å². The molecule has 0 aliphatic rings. The van der Waals surface area contributed by atoms with Gasteiger partial charge in [-0.25, -0.2) is 4.98 Å². The van der Waals surface area contributed by atoms with Crippen LogP contribution in [0.1, 0.15) is 35.6 Å². The van der Waals surface area contributed by atoms with Crippen LogP contribution in [0.3, 0.4) is 0 Å². The monoisotopic (exact) mass is 679 g/mol. The first-order valence-electron chi connectivity index (χ1n) is 27.9. The number of hydrogen-bond acceptors (Lipinski definition) is 4. The first-order chi connectivity index (χ1) is 36.1. The van der Waals surface area contributed by atoms with Crippen LogP contribution in [-0.4, -0.2) is 24.1 Å². The van der Waals surface area contributed by atoms with Gasteiger partial charge in [0.1, 0.15) is 11.2 Å². The van der Waals surface area contributed by atoms with Crippen molar-refractivity contribution in [2.45, 2.75) is 0 Å². The van der Waals surface area contributed by atoms with Crippen LogP contribution in [0, 0.1) is 0 Å². The highest BCUT2D eigenvalue weighted by Gasteiger charge is 2.24. The van der Waals surface area contributed by atoms with Crippen molar-refractivity contribution in [3.05, 3.63) is 163 Å². The number of furan rings is 1. The minimum atomic E-state index is -0.956. The van der Waals surface area contributed by atoms with Crippen molar-refractivity contribution in [1.29, 1.82) is 0 Å². The van der Waals surface area contributed by atoms with Crippen LogP contribution >= 0.6 is 0 Å². The summed E-state index contributed by atoms with van der Waals surface area (Å²) in [6.07, 6.45) is 0. The molecule has 4 heterocycles. The minimum absolute atomic E-state index is 0.245. The summed E-state index contributed by atoms with van der Waals surface area (Å²) in [5, 5.41) is -2.79. The average Bonchev–Trinajstić information content (AvgIpc) is 4.31.